The average molecular weight is 275 g/mol. The second-order valence-electron chi connectivity index (χ2n) is 5.89. The minimum absolute atomic E-state index is 0.229. The molecular weight excluding hydrogens is 250 g/mol. The lowest BCUT2D eigenvalue weighted by Crippen LogP contribution is -2.50. The fraction of sp³-hybridized carbons (Fsp3) is 0.625. The maximum Gasteiger partial charge on any atom is 0.0824 e. The first-order chi connectivity index (χ1) is 9.85. The molecule has 2 aliphatic heterocycles. The van der Waals surface area contributed by atoms with Gasteiger partial charge in [-0.15, -0.1) is 0 Å². The van der Waals surface area contributed by atoms with Crippen LogP contribution in [0.25, 0.3) is 0 Å². The number of likely N-dealkylation sites (tertiary alicyclic amines) is 1. The first-order valence-corrected chi connectivity index (χ1v) is 7.67. The zero-order valence-electron chi connectivity index (χ0n) is 12.1. The van der Waals surface area contributed by atoms with Gasteiger partial charge >= 0.3 is 0 Å². The minimum Gasteiger partial charge on any atom is -0.374 e. The van der Waals surface area contributed by atoms with Crippen LogP contribution in [0.1, 0.15) is 12.0 Å². The molecule has 3 rings (SSSR count). The van der Waals surface area contributed by atoms with Crippen molar-refractivity contribution in [1.82, 2.24) is 9.80 Å². The summed E-state index contributed by atoms with van der Waals surface area (Å²) in [4.78, 5) is 5.14. The summed E-state index contributed by atoms with van der Waals surface area (Å²) in [7, 11) is 0. The van der Waals surface area contributed by atoms with E-state index in [1.807, 2.05) is 0 Å². The van der Waals surface area contributed by atoms with Crippen molar-refractivity contribution in [2.45, 2.75) is 25.1 Å². The molecule has 2 aliphatic rings. The monoisotopic (exact) mass is 275 g/mol. The molecule has 0 bridgehead atoms. The molecule has 4 nitrogen and oxygen atoms in total. The Labute approximate surface area is 121 Å². The Morgan fingerprint density at radius 1 is 1.15 bits per heavy atom. The Bertz CT molecular complexity index is 411. The van der Waals surface area contributed by atoms with Crippen LogP contribution in [-0.2, 0) is 11.3 Å². The third-order valence-corrected chi connectivity index (χ3v) is 4.45. The summed E-state index contributed by atoms with van der Waals surface area (Å²) in [5.41, 5.74) is 7.14. The van der Waals surface area contributed by atoms with Crippen molar-refractivity contribution in [3.8, 4) is 0 Å². The second kappa shape index (κ2) is 6.68. The molecule has 0 saturated carbocycles. The van der Waals surface area contributed by atoms with Crippen LogP contribution in [0.5, 0.6) is 0 Å². The van der Waals surface area contributed by atoms with Crippen LogP contribution in [-0.4, -0.2) is 61.3 Å². The van der Waals surface area contributed by atoms with Gasteiger partial charge in [0.25, 0.3) is 0 Å². The summed E-state index contributed by atoms with van der Waals surface area (Å²) < 4.78 is 5.66. The van der Waals surface area contributed by atoms with E-state index in [-0.39, 0.29) is 6.10 Å². The van der Waals surface area contributed by atoms with Gasteiger partial charge in [0, 0.05) is 45.3 Å². The molecule has 2 fully saturated rings. The molecule has 0 aromatic heterocycles. The van der Waals surface area contributed by atoms with Gasteiger partial charge in [-0.05, 0) is 12.0 Å². The molecule has 1 aromatic rings. The van der Waals surface area contributed by atoms with Gasteiger partial charge in [-0.2, -0.15) is 0 Å². The van der Waals surface area contributed by atoms with E-state index >= 15 is 0 Å². The van der Waals surface area contributed by atoms with E-state index in [4.69, 9.17) is 10.5 Å². The van der Waals surface area contributed by atoms with E-state index in [0.29, 0.717) is 12.6 Å². The van der Waals surface area contributed by atoms with Gasteiger partial charge in [0.05, 0.1) is 12.7 Å². The van der Waals surface area contributed by atoms with Crippen molar-refractivity contribution in [2.75, 3.05) is 39.3 Å². The fourth-order valence-electron chi connectivity index (χ4n) is 3.31. The molecule has 1 aromatic carbocycles. The molecule has 2 N–H and O–H groups in total. The summed E-state index contributed by atoms with van der Waals surface area (Å²) in [6, 6.07) is 11.4. The van der Waals surface area contributed by atoms with Crippen LogP contribution in [0.4, 0.5) is 0 Å². The first kappa shape index (κ1) is 14.0. The molecule has 0 spiro atoms. The predicted molar refractivity (Wildman–Crippen MR) is 80.5 cm³/mol. The van der Waals surface area contributed by atoms with Gasteiger partial charge in [0.15, 0.2) is 0 Å². The van der Waals surface area contributed by atoms with E-state index in [2.05, 4.69) is 40.1 Å². The zero-order chi connectivity index (χ0) is 13.8. The van der Waals surface area contributed by atoms with Crippen LogP contribution < -0.4 is 5.73 Å². The van der Waals surface area contributed by atoms with Crippen molar-refractivity contribution in [1.29, 1.82) is 0 Å². The van der Waals surface area contributed by atoms with Crippen molar-refractivity contribution in [2.24, 2.45) is 5.73 Å². The largest absolute Gasteiger partial charge is 0.374 e. The highest BCUT2D eigenvalue weighted by molar-refractivity contribution is 5.14. The third-order valence-electron chi connectivity index (χ3n) is 4.45. The fourth-order valence-corrected chi connectivity index (χ4v) is 3.31. The Morgan fingerprint density at radius 3 is 2.80 bits per heavy atom. The maximum atomic E-state index is 5.73. The standard InChI is InChI=1S/C16H25N3O/c17-10-16-13-19(8-9-20-16)15-6-7-18(12-15)11-14-4-2-1-3-5-14/h1-5,15-16H,6-13,17H2. The van der Waals surface area contributed by atoms with Gasteiger partial charge in [0.2, 0.25) is 0 Å². The maximum absolute atomic E-state index is 5.73. The minimum atomic E-state index is 0.229. The number of hydrogen-bond donors (Lipinski definition) is 1. The Kier molecular flexibility index (Phi) is 4.68. The van der Waals surface area contributed by atoms with E-state index < -0.39 is 0 Å². The average Bonchev–Trinajstić information content (AvgIpc) is 2.97. The molecule has 2 atom stereocenters. The highest BCUT2D eigenvalue weighted by Crippen LogP contribution is 2.20. The number of morpholine rings is 1. The zero-order valence-corrected chi connectivity index (χ0v) is 12.1. The predicted octanol–water partition coefficient (Wildman–Crippen LogP) is 0.920. The topological polar surface area (TPSA) is 41.7 Å². The molecule has 20 heavy (non-hydrogen) atoms. The van der Waals surface area contributed by atoms with Gasteiger partial charge < -0.3 is 10.5 Å². The summed E-state index contributed by atoms with van der Waals surface area (Å²) in [6.07, 6.45) is 1.50. The molecule has 2 heterocycles. The number of nitrogens with zero attached hydrogens (tertiary/aromatic N) is 2. The van der Waals surface area contributed by atoms with Crippen LogP contribution >= 0.6 is 0 Å². The number of benzene rings is 1. The van der Waals surface area contributed by atoms with Crippen LogP contribution in [0.3, 0.4) is 0 Å². The quantitative estimate of drug-likeness (QED) is 0.887. The lowest BCUT2D eigenvalue weighted by molar-refractivity contribution is -0.0369. The van der Waals surface area contributed by atoms with Crippen LogP contribution in [0, 0.1) is 0 Å². The lowest BCUT2D eigenvalue weighted by Gasteiger charge is -2.36. The second-order valence-corrected chi connectivity index (χ2v) is 5.89. The van der Waals surface area contributed by atoms with Gasteiger partial charge in [-0.25, -0.2) is 0 Å². The third kappa shape index (κ3) is 3.38. The van der Waals surface area contributed by atoms with Crippen molar-refractivity contribution in [3.05, 3.63) is 35.9 Å². The molecule has 0 radical (unpaired) electrons. The molecule has 2 saturated heterocycles. The Balaban J connectivity index is 1.51. The van der Waals surface area contributed by atoms with E-state index in [1.165, 1.54) is 25.1 Å². The highest BCUT2D eigenvalue weighted by atomic mass is 16.5. The number of hydrogen-bond acceptors (Lipinski definition) is 4. The van der Waals surface area contributed by atoms with Crippen LogP contribution in [0.15, 0.2) is 30.3 Å². The van der Waals surface area contributed by atoms with Gasteiger partial charge in [-0.1, -0.05) is 30.3 Å². The van der Waals surface area contributed by atoms with Crippen molar-refractivity contribution in [3.63, 3.8) is 0 Å². The van der Waals surface area contributed by atoms with Crippen molar-refractivity contribution >= 4 is 0 Å². The highest BCUT2D eigenvalue weighted by Gasteiger charge is 2.30. The number of ether oxygens (including phenoxy) is 1. The molecule has 2 unspecified atom stereocenters. The molecular formula is C16H25N3O. The van der Waals surface area contributed by atoms with E-state index in [9.17, 15) is 0 Å². The SMILES string of the molecule is NCC1CN(C2CCN(Cc3ccccc3)C2)CCO1. The van der Waals surface area contributed by atoms with E-state index in [0.717, 1.165) is 26.2 Å². The molecule has 4 heteroatoms. The first-order valence-electron chi connectivity index (χ1n) is 7.67. The summed E-state index contributed by atoms with van der Waals surface area (Å²) >= 11 is 0. The molecule has 0 amide bonds. The van der Waals surface area contributed by atoms with E-state index in [1.54, 1.807) is 0 Å². The van der Waals surface area contributed by atoms with Crippen molar-refractivity contribution < 1.29 is 4.74 Å². The summed E-state index contributed by atoms with van der Waals surface area (Å²) in [5, 5.41) is 0. The normalized spacial score (nSPS) is 28.9. The Hall–Kier alpha value is -0.940. The Morgan fingerprint density at radius 2 is 2.00 bits per heavy atom. The van der Waals surface area contributed by atoms with Crippen LogP contribution in [0.2, 0.25) is 0 Å². The molecule has 110 valence electrons. The number of nitrogens with two attached hydrogens (primary N) is 1. The number of rotatable bonds is 4. The van der Waals surface area contributed by atoms with Gasteiger partial charge in [0.1, 0.15) is 0 Å². The lowest BCUT2D eigenvalue weighted by atomic mass is 10.1. The van der Waals surface area contributed by atoms with Gasteiger partial charge in [-0.3, -0.25) is 9.80 Å². The molecule has 0 aliphatic carbocycles. The summed E-state index contributed by atoms with van der Waals surface area (Å²) in [5.74, 6) is 0. The smallest absolute Gasteiger partial charge is 0.0824 e. The summed E-state index contributed by atoms with van der Waals surface area (Å²) in [6.45, 7) is 6.97.